The van der Waals surface area contributed by atoms with E-state index in [1.165, 1.54) is 0 Å². The standard InChI is InChI=1S/C17H22Cl2N2O3/c1-17(2,3)24-16(22)21-11-4-5-12(21)9-13(8-11)23-15-7-10(18)6-14(19)20-15/h6-7,11-13H,4-5,8-9H2,1-3H3. The summed E-state index contributed by atoms with van der Waals surface area (Å²) in [4.78, 5) is 18.5. The molecule has 0 radical (unpaired) electrons. The second-order valence-corrected chi connectivity index (χ2v) is 8.25. The van der Waals surface area contributed by atoms with E-state index >= 15 is 0 Å². The van der Waals surface area contributed by atoms with Crippen molar-refractivity contribution < 1.29 is 14.3 Å². The summed E-state index contributed by atoms with van der Waals surface area (Å²) in [6.45, 7) is 5.66. The van der Waals surface area contributed by atoms with E-state index in [1.54, 1.807) is 12.1 Å². The van der Waals surface area contributed by atoms with E-state index in [2.05, 4.69) is 4.98 Å². The molecule has 2 aliphatic heterocycles. The lowest BCUT2D eigenvalue weighted by atomic mass is 10.0. The first-order chi connectivity index (χ1) is 11.2. The summed E-state index contributed by atoms with van der Waals surface area (Å²) in [6.07, 6.45) is 3.27. The molecule has 2 unspecified atom stereocenters. The Morgan fingerprint density at radius 2 is 1.83 bits per heavy atom. The number of fused-ring (bicyclic) bond motifs is 2. The van der Waals surface area contributed by atoms with Crippen molar-refractivity contribution in [2.24, 2.45) is 0 Å². The van der Waals surface area contributed by atoms with E-state index < -0.39 is 5.60 Å². The molecule has 3 heterocycles. The number of carbonyl (C=O) groups excluding carboxylic acids is 1. The molecule has 1 aromatic heterocycles. The Labute approximate surface area is 152 Å². The van der Waals surface area contributed by atoms with Crippen molar-refractivity contribution in [3.8, 4) is 5.88 Å². The van der Waals surface area contributed by atoms with Crippen LogP contribution in [0.4, 0.5) is 4.79 Å². The van der Waals surface area contributed by atoms with Gasteiger partial charge in [0.2, 0.25) is 5.88 Å². The Balaban J connectivity index is 1.65. The number of pyridine rings is 1. The highest BCUT2D eigenvalue weighted by Gasteiger charge is 2.45. The van der Waals surface area contributed by atoms with Gasteiger partial charge in [-0.05, 0) is 39.7 Å². The Kier molecular flexibility index (Phi) is 4.85. The SMILES string of the molecule is CC(C)(C)OC(=O)N1C2CCC1CC(Oc1cc(Cl)cc(Cl)n1)C2. The predicted octanol–water partition coefficient (Wildman–Crippen LogP) is 4.70. The van der Waals surface area contributed by atoms with Crippen molar-refractivity contribution in [3.63, 3.8) is 0 Å². The fraction of sp³-hybridized carbons (Fsp3) is 0.647. The molecular weight excluding hydrogens is 351 g/mol. The van der Waals surface area contributed by atoms with Crippen LogP contribution in [0.15, 0.2) is 12.1 Å². The summed E-state index contributed by atoms with van der Waals surface area (Å²) in [5, 5.41) is 0.811. The van der Waals surface area contributed by atoms with Crippen molar-refractivity contribution >= 4 is 29.3 Å². The molecule has 2 fully saturated rings. The van der Waals surface area contributed by atoms with Crippen LogP contribution in [0.5, 0.6) is 5.88 Å². The van der Waals surface area contributed by atoms with Crippen LogP contribution in [-0.4, -0.2) is 39.8 Å². The monoisotopic (exact) mass is 372 g/mol. The zero-order valence-corrected chi connectivity index (χ0v) is 15.6. The van der Waals surface area contributed by atoms with Crippen LogP contribution in [0.3, 0.4) is 0 Å². The van der Waals surface area contributed by atoms with Crippen LogP contribution in [0.2, 0.25) is 10.2 Å². The summed E-state index contributed by atoms with van der Waals surface area (Å²) < 4.78 is 11.5. The van der Waals surface area contributed by atoms with Gasteiger partial charge in [0.15, 0.2) is 0 Å². The minimum atomic E-state index is -0.481. The lowest BCUT2D eigenvalue weighted by Crippen LogP contribution is -2.50. The number of halogens is 2. The summed E-state index contributed by atoms with van der Waals surface area (Å²) in [5.74, 6) is 0.433. The zero-order valence-electron chi connectivity index (χ0n) is 14.1. The first-order valence-corrected chi connectivity index (χ1v) is 8.98. The van der Waals surface area contributed by atoms with Gasteiger partial charge in [-0.1, -0.05) is 23.2 Å². The third-order valence-electron chi connectivity index (χ3n) is 4.32. The number of hydrogen-bond acceptors (Lipinski definition) is 4. The molecule has 132 valence electrons. The molecule has 2 bridgehead atoms. The molecule has 3 rings (SSSR count). The average molecular weight is 373 g/mol. The fourth-order valence-corrected chi connectivity index (χ4v) is 3.96. The second kappa shape index (κ2) is 6.60. The van der Waals surface area contributed by atoms with Gasteiger partial charge in [-0.3, -0.25) is 0 Å². The first-order valence-electron chi connectivity index (χ1n) is 8.22. The molecule has 7 heteroatoms. The van der Waals surface area contributed by atoms with Crippen molar-refractivity contribution in [1.82, 2.24) is 9.88 Å². The van der Waals surface area contributed by atoms with Gasteiger partial charge in [0, 0.05) is 36.0 Å². The summed E-state index contributed by atoms with van der Waals surface area (Å²) in [5.41, 5.74) is -0.481. The number of carbonyl (C=O) groups is 1. The van der Waals surface area contributed by atoms with Gasteiger partial charge in [-0.15, -0.1) is 0 Å². The zero-order chi connectivity index (χ0) is 17.5. The number of rotatable bonds is 2. The van der Waals surface area contributed by atoms with Gasteiger partial charge in [0.25, 0.3) is 0 Å². The highest BCUT2D eigenvalue weighted by Crippen LogP contribution is 2.38. The fourth-order valence-electron chi connectivity index (χ4n) is 3.51. The van der Waals surface area contributed by atoms with Gasteiger partial charge in [-0.2, -0.15) is 0 Å². The molecule has 2 saturated heterocycles. The molecule has 0 aromatic carbocycles. The Morgan fingerprint density at radius 3 is 2.38 bits per heavy atom. The minimum Gasteiger partial charge on any atom is -0.474 e. The Morgan fingerprint density at radius 1 is 1.21 bits per heavy atom. The van der Waals surface area contributed by atoms with Crippen molar-refractivity contribution in [2.45, 2.75) is 70.2 Å². The van der Waals surface area contributed by atoms with Gasteiger partial charge < -0.3 is 14.4 Å². The van der Waals surface area contributed by atoms with Gasteiger partial charge in [-0.25, -0.2) is 9.78 Å². The maximum atomic E-state index is 12.4. The normalized spacial score (nSPS) is 26.4. The van der Waals surface area contributed by atoms with E-state index in [0.717, 1.165) is 25.7 Å². The van der Waals surface area contributed by atoms with Crippen LogP contribution in [0.1, 0.15) is 46.5 Å². The third-order valence-corrected chi connectivity index (χ3v) is 4.73. The Bertz CT molecular complexity index is 599. The molecule has 0 saturated carbocycles. The van der Waals surface area contributed by atoms with Crippen LogP contribution < -0.4 is 4.74 Å². The first kappa shape index (κ1) is 17.6. The number of amides is 1. The smallest absolute Gasteiger partial charge is 0.410 e. The maximum absolute atomic E-state index is 12.4. The summed E-state index contributed by atoms with van der Waals surface area (Å²) in [6, 6.07) is 3.54. The minimum absolute atomic E-state index is 0.00298. The number of aromatic nitrogens is 1. The average Bonchev–Trinajstić information content (AvgIpc) is 2.68. The largest absolute Gasteiger partial charge is 0.474 e. The molecule has 1 aromatic rings. The number of hydrogen-bond donors (Lipinski definition) is 0. The molecule has 5 nitrogen and oxygen atoms in total. The van der Waals surface area contributed by atoms with Crippen LogP contribution in [0, 0.1) is 0 Å². The molecule has 0 spiro atoms. The lowest BCUT2D eigenvalue weighted by Gasteiger charge is -2.39. The molecule has 2 aliphatic rings. The van der Waals surface area contributed by atoms with Crippen molar-refractivity contribution in [2.75, 3.05) is 0 Å². The highest BCUT2D eigenvalue weighted by molar-refractivity contribution is 6.34. The van der Waals surface area contributed by atoms with Crippen molar-refractivity contribution in [3.05, 3.63) is 22.3 Å². The quantitative estimate of drug-likeness (QED) is 0.706. The van der Waals surface area contributed by atoms with E-state index in [9.17, 15) is 4.79 Å². The van der Waals surface area contributed by atoms with Crippen molar-refractivity contribution in [1.29, 1.82) is 0 Å². The topological polar surface area (TPSA) is 51.7 Å². The summed E-state index contributed by atoms with van der Waals surface area (Å²) in [7, 11) is 0. The molecule has 1 amide bonds. The van der Waals surface area contributed by atoms with Gasteiger partial charge in [0.05, 0.1) is 0 Å². The van der Waals surface area contributed by atoms with E-state index in [-0.39, 0.29) is 24.3 Å². The number of ether oxygens (including phenoxy) is 2. The third kappa shape index (κ3) is 4.06. The van der Waals surface area contributed by atoms with E-state index in [4.69, 9.17) is 32.7 Å². The molecule has 24 heavy (non-hydrogen) atoms. The maximum Gasteiger partial charge on any atom is 0.410 e. The predicted molar refractivity (Wildman–Crippen MR) is 92.8 cm³/mol. The van der Waals surface area contributed by atoms with Crippen LogP contribution >= 0.6 is 23.2 Å². The lowest BCUT2D eigenvalue weighted by molar-refractivity contribution is -0.00758. The number of nitrogens with zero attached hydrogens (tertiary/aromatic N) is 2. The van der Waals surface area contributed by atoms with Gasteiger partial charge >= 0.3 is 6.09 Å². The van der Waals surface area contributed by atoms with E-state index in [0.29, 0.717) is 16.1 Å². The summed E-state index contributed by atoms with van der Waals surface area (Å²) >= 11 is 11.9. The molecule has 0 aliphatic carbocycles. The molecule has 2 atom stereocenters. The molecular formula is C17H22Cl2N2O3. The van der Waals surface area contributed by atoms with E-state index in [1.807, 2.05) is 25.7 Å². The highest BCUT2D eigenvalue weighted by atomic mass is 35.5. The number of piperidine rings is 1. The van der Waals surface area contributed by atoms with Crippen LogP contribution in [-0.2, 0) is 4.74 Å². The molecule has 0 N–H and O–H groups in total. The van der Waals surface area contributed by atoms with Crippen LogP contribution in [0.25, 0.3) is 0 Å². The van der Waals surface area contributed by atoms with Gasteiger partial charge in [0.1, 0.15) is 16.9 Å². The Hall–Kier alpha value is -1.20. The second-order valence-electron chi connectivity index (χ2n) is 7.43.